The second-order valence-electron chi connectivity index (χ2n) is 12.2. The Hall–Kier alpha value is -3.06. The lowest BCUT2D eigenvalue weighted by atomic mass is 9.70. The molecule has 2 N–H and O–H groups in total. The Morgan fingerprint density at radius 3 is 2.38 bits per heavy atom. The van der Waals surface area contributed by atoms with Crippen LogP contribution in [0.25, 0.3) is 0 Å². The molecule has 3 amide bonds. The highest BCUT2D eigenvalue weighted by Gasteiger charge is 2.52. The summed E-state index contributed by atoms with van der Waals surface area (Å²) in [6.07, 6.45) is 7.16. The molecule has 1 spiro atoms. The van der Waals surface area contributed by atoms with Crippen molar-refractivity contribution in [3.05, 3.63) is 58.1 Å². The Kier molecular flexibility index (Phi) is 7.40. The molecule has 5 rings (SSSR count). The average molecular weight is 552 g/mol. The molecule has 3 aliphatic rings. The van der Waals surface area contributed by atoms with E-state index in [1.54, 1.807) is 28.0 Å². The van der Waals surface area contributed by atoms with Crippen LogP contribution in [0.3, 0.4) is 0 Å². The number of likely N-dealkylation sites (tertiary alicyclic amines) is 1. The molecule has 2 fully saturated rings. The van der Waals surface area contributed by atoms with Crippen molar-refractivity contribution in [3.63, 3.8) is 0 Å². The van der Waals surface area contributed by atoms with Gasteiger partial charge in [0.25, 0.3) is 5.91 Å². The number of hydrogen-bond donors (Lipinski definition) is 1. The summed E-state index contributed by atoms with van der Waals surface area (Å²) >= 11 is 6.38. The fourth-order valence-electron chi connectivity index (χ4n) is 6.53. The zero-order valence-corrected chi connectivity index (χ0v) is 23.9. The van der Waals surface area contributed by atoms with Gasteiger partial charge < -0.3 is 15.4 Å². The number of carbonyl (C=O) groups excluding carboxylic acids is 3. The highest BCUT2D eigenvalue weighted by Crippen LogP contribution is 2.53. The number of carbonyl (C=O) groups is 3. The minimum absolute atomic E-state index is 0.00443. The van der Waals surface area contributed by atoms with Crippen LogP contribution < -0.4 is 10.6 Å². The number of hydrogen-bond acceptors (Lipinski definition) is 4. The Morgan fingerprint density at radius 1 is 1.05 bits per heavy atom. The Labute approximate surface area is 235 Å². The van der Waals surface area contributed by atoms with Crippen LogP contribution in [0, 0.1) is 5.92 Å². The average Bonchev–Trinajstić information content (AvgIpc) is 3.10. The van der Waals surface area contributed by atoms with Crippen molar-refractivity contribution >= 4 is 40.9 Å². The van der Waals surface area contributed by atoms with Gasteiger partial charge in [-0.05, 0) is 88.1 Å². The van der Waals surface area contributed by atoms with E-state index in [9.17, 15) is 14.4 Å². The van der Waals surface area contributed by atoms with Gasteiger partial charge in [-0.15, -0.1) is 0 Å². The Morgan fingerprint density at radius 2 is 1.74 bits per heavy atom. The molecule has 1 saturated heterocycles. The van der Waals surface area contributed by atoms with E-state index in [-0.39, 0.29) is 22.6 Å². The number of anilines is 2. The number of ether oxygens (including phenoxy) is 1. The van der Waals surface area contributed by atoms with Crippen LogP contribution in [-0.4, -0.2) is 41.5 Å². The van der Waals surface area contributed by atoms with Gasteiger partial charge in [0.1, 0.15) is 5.60 Å². The van der Waals surface area contributed by atoms with Gasteiger partial charge >= 0.3 is 6.09 Å². The van der Waals surface area contributed by atoms with Gasteiger partial charge in [-0.2, -0.15) is 0 Å². The number of amides is 3. The summed E-state index contributed by atoms with van der Waals surface area (Å²) in [7, 11) is 0. The lowest BCUT2D eigenvalue weighted by Crippen LogP contribution is -2.42. The van der Waals surface area contributed by atoms with Crippen LogP contribution in [0.4, 0.5) is 16.2 Å². The first-order valence-corrected chi connectivity index (χ1v) is 14.4. The molecule has 208 valence electrons. The molecule has 0 aromatic heterocycles. The molecule has 1 aliphatic carbocycles. The Bertz CT molecular complexity index is 1290. The smallest absolute Gasteiger partial charge is 0.410 e. The fraction of sp³-hybridized carbons (Fsp3) is 0.516. The van der Waals surface area contributed by atoms with Gasteiger partial charge in [-0.1, -0.05) is 49.1 Å². The second-order valence-corrected chi connectivity index (χ2v) is 12.7. The molecule has 2 aliphatic heterocycles. The van der Waals surface area contributed by atoms with E-state index in [1.165, 1.54) is 5.56 Å². The van der Waals surface area contributed by atoms with E-state index in [4.69, 9.17) is 22.1 Å². The molecule has 7 nitrogen and oxygen atoms in total. The molecule has 39 heavy (non-hydrogen) atoms. The molecule has 0 radical (unpaired) electrons. The second kappa shape index (κ2) is 10.5. The van der Waals surface area contributed by atoms with Crippen molar-refractivity contribution in [3.8, 4) is 0 Å². The SMILES string of the molecule is CC(C)(C)OC(=O)N1CCC(Cc2ccc3c(c2)C2(CCCCC2)C(=O)N3c2cccc(Cl)c2C(N)=O)CC1. The van der Waals surface area contributed by atoms with Gasteiger partial charge in [0.05, 0.1) is 27.4 Å². The maximum absolute atomic E-state index is 14.2. The number of nitrogens with two attached hydrogens (primary N) is 1. The van der Waals surface area contributed by atoms with Gasteiger partial charge in [-0.25, -0.2) is 4.79 Å². The van der Waals surface area contributed by atoms with Gasteiger partial charge in [0, 0.05) is 13.1 Å². The topological polar surface area (TPSA) is 92.9 Å². The van der Waals surface area contributed by atoms with E-state index in [0.717, 1.165) is 62.6 Å². The molecule has 0 unspecified atom stereocenters. The summed E-state index contributed by atoms with van der Waals surface area (Å²) in [6, 6.07) is 11.5. The summed E-state index contributed by atoms with van der Waals surface area (Å²) in [6.45, 7) is 7.03. The van der Waals surface area contributed by atoms with Crippen LogP contribution in [0.15, 0.2) is 36.4 Å². The van der Waals surface area contributed by atoms with E-state index in [0.29, 0.717) is 24.7 Å². The standard InChI is InChI=1S/C31H38ClN3O4/c1-30(2,3)39-29(38)34-16-12-20(13-17-34)18-21-10-11-24-22(19-21)31(14-5-4-6-15-31)28(37)35(24)25-9-7-8-23(32)26(25)27(33)36/h7-11,19-20H,4-6,12-18H2,1-3H3,(H2,33,36). The van der Waals surface area contributed by atoms with Crippen LogP contribution in [0.5, 0.6) is 0 Å². The number of halogens is 1. The molecule has 2 aromatic carbocycles. The third-order valence-corrected chi connectivity index (χ3v) is 8.72. The monoisotopic (exact) mass is 551 g/mol. The highest BCUT2D eigenvalue weighted by molar-refractivity contribution is 6.35. The molecule has 2 aromatic rings. The number of fused-ring (bicyclic) bond motifs is 2. The first kappa shape index (κ1) is 27.5. The maximum atomic E-state index is 14.2. The van der Waals surface area contributed by atoms with Crippen LogP contribution in [-0.2, 0) is 21.4 Å². The quantitative estimate of drug-likeness (QED) is 0.469. The van der Waals surface area contributed by atoms with Gasteiger partial charge in [0.2, 0.25) is 5.91 Å². The number of rotatable bonds is 4. The number of nitrogens with zero attached hydrogens (tertiary/aromatic N) is 2. The first-order chi connectivity index (χ1) is 18.5. The summed E-state index contributed by atoms with van der Waals surface area (Å²) < 4.78 is 5.55. The Balaban J connectivity index is 1.42. The van der Waals surface area contributed by atoms with Gasteiger partial charge in [0.15, 0.2) is 0 Å². The van der Waals surface area contributed by atoms with E-state index in [1.807, 2.05) is 26.8 Å². The summed E-state index contributed by atoms with van der Waals surface area (Å²) in [5.41, 5.74) is 8.30. The van der Waals surface area contributed by atoms with Crippen LogP contribution in [0.2, 0.25) is 5.02 Å². The van der Waals surface area contributed by atoms with Crippen molar-refractivity contribution in [2.24, 2.45) is 11.7 Å². The zero-order valence-electron chi connectivity index (χ0n) is 23.1. The van der Waals surface area contributed by atoms with E-state index >= 15 is 0 Å². The summed E-state index contributed by atoms with van der Waals surface area (Å²) in [5, 5.41) is 0.244. The maximum Gasteiger partial charge on any atom is 0.410 e. The highest BCUT2D eigenvalue weighted by atomic mass is 35.5. The van der Waals surface area contributed by atoms with Crippen molar-refractivity contribution < 1.29 is 19.1 Å². The number of primary amides is 1. The predicted octanol–water partition coefficient (Wildman–Crippen LogP) is 6.51. The zero-order chi connectivity index (χ0) is 27.9. The molecule has 1 saturated carbocycles. The summed E-state index contributed by atoms with van der Waals surface area (Å²) in [5.74, 6) is -0.194. The largest absolute Gasteiger partial charge is 0.444 e. The number of piperidine rings is 1. The molecule has 0 atom stereocenters. The third-order valence-electron chi connectivity index (χ3n) is 8.41. The van der Waals surface area contributed by atoms with Crippen molar-refractivity contribution in [1.82, 2.24) is 4.90 Å². The fourth-order valence-corrected chi connectivity index (χ4v) is 6.79. The molecule has 0 bridgehead atoms. The minimum atomic E-state index is -0.649. The van der Waals surface area contributed by atoms with Crippen LogP contribution >= 0.6 is 11.6 Å². The van der Waals surface area contributed by atoms with Crippen molar-refractivity contribution in [2.75, 3.05) is 18.0 Å². The third kappa shape index (κ3) is 5.25. The minimum Gasteiger partial charge on any atom is -0.444 e. The summed E-state index contributed by atoms with van der Waals surface area (Å²) in [4.78, 5) is 42.5. The van der Waals surface area contributed by atoms with Gasteiger partial charge in [-0.3, -0.25) is 14.5 Å². The van der Waals surface area contributed by atoms with Crippen LogP contribution in [0.1, 0.15) is 87.2 Å². The van der Waals surface area contributed by atoms with Crippen molar-refractivity contribution in [2.45, 2.75) is 83.2 Å². The number of benzene rings is 2. The predicted molar refractivity (Wildman–Crippen MR) is 153 cm³/mol. The molecule has 8 heteroatoms. The normalized spacial score (nSPS) is 19.3. The van der Waals surface area contributed by atoms with Crippen molar-refractivity contribution in [1.29, 1.82) is 0 Å². The first-order valence-electron chi connectivity index (χ1n) is 14.0. The lowest BCUT2D eigenvalue weighted by molar-refractivity contribution is -0.123. The lowest BCUT2D eigenvalue weighted by Gasteiger charge is -2.34. The van der Waals surface area contributed by atoms with E-state index in [2.05, 4.69) is 12.1 Å². The molecular weight excluding hydrogens is 514 g/mol. The molecular formula is C31H38ClN3O4. The van der Waals surface area contributed by atoms with E-state index < -0.39 is 16.9 Å². The molecule has 2 heterocycles.